The highest BCUT2D eigenvalue weighted by molar-refractivity contribution is 5.68. The van der Waals surface area contributed by atoms with Gasteiger partial charge in [0.2, 0.25) is 0 Å². The molecule has 0 saturated heterocycles. The molecule has 0 bridgehead atoms. The Morgan fingerprint density at radius 2 is 1.82 bits per heavy atom. The van der Waals surface area contributed by atoms with Crippen molar-refractivity contribution < 1.29 is 25.2 Å². The summed E-state index contributed by atoms with van der Waals surface area (Å²) in [6.45, 7) is 0. The summed E-state index contributed by atoms with van der Waals surface area (Å²) < 4.78 is 0. The zero-order valence-electron chi connectivity index (χ0n) is 5.77. The predicted molar refractivity (Wildman–Crippen MR) is 35.4 cm³/mol. The molecule has 4 N–H and O–H groups in total. The minimum Gasteiger partial charge on any atom is -0.481 e. The topological polar surface area (TPSA) is 98.0 Å². The van der Waals surface area contributed by atoms with Crippen LogP contribution in [0.15, 0.2) is 12.2 Å². The average molecular weight is 162 g/mol. The zero-order chi connectivity index (χ0) is 8.91. The molecule has 0 radical (unpaired) electrons. The van der Waals surface area contributed by atoms with Gasteiger partial charge >= 0.3 is 5.97 Å². The largest absolute Gasteiger partial charge is 0.481 e. The molecule has 0 saturated carbocycles. The van der Waals surface area contributed by atoms with E-state index in [2.05, 4.69) is 0 Å². The van der Waals surface area contributed by atoms with Gasteiger partial charge in [-0.15, -0.1) is 0 Å². The number of rotatable bonds is 4. The van der Waals surface area contributed by atoms with Gasteiger partial charge in [0.15, 0.2) is 0 Å². The van der Waals surface area contributed by atoms with Crippen LogP contribution in [-0.2, 0) is 4.79 Å². The van der Waals surface area contributed by atoms with Gasteiger partial charge < -0.3 is 20.4 Å². The molecule has 0 fully saturated rings. The van der Waals surface area contributed by atoms with E-state index in [4.69, 9.17) is 20.4 Å². The van der Waals surface area contributed by atoms with Crippen LogP contribution in [-0.4, -0.2) is 32.4 Å². The molecule has 0 aromatic rings. The minimum atomic E-state index is -2.74. The van der Waals surface area contributed by atoms with Crippen LogP contribution in [0.4, 0.5) is 0 Å². The second-order valence-electron chi connectivity index (χ2n) is 2.05. The number of carboxylic acid groups (broad SMARTS) is 1. The first-order valence-electron chi connectivity index (χ1n) is 2.96. The van der Waals surface area contributed by atoms with Crippen LogP contribution in [0.5, 0.6) is 0 Å². The Labute approximate surface area is 63.2 Å². The molecule has 0 rings (SSSR count). The molecular weight excluding hydrogens is 152 g/mol. The zero-order valence-corrected chi connectivity index (χ0v) is 5.77. The number of carboxylic acids is 1. The van der Waals surface area contributed by atoms with E-state index in [1.54, 1.807) is 0 Å². The fourth-order valence-electron chi connectivity index (χ4n) is 0.426. The quantitative estimate of drug-likeness (QED) is 0.315. The van der Waals surface area contributed by atoms with Crippen LogP contribution < -0.4 is 0 Å². The third-order valence-corrected chi connectivity index (χ3v) is 0.851. The monoisotopic (exact) mass is 162 g/mol. The van der Waals surface area contributed by atoms with Crippen molar-refractivity contribution in [3.63, 3.8) is 0 Å². The van der Waals surface area contributed by atoms with E-state index in [1.165, 1.54) is 12.2 Å². The van der Waals surface area contributed by atoms with Crippen LogP contribution in [0.1, 0.15) is 12.8 Å². The SMILES string of the molecule is O=C(O)CC=CCC(O)(O)O. The Bertz CT molecular complexity index is 155. The van der Waals surface area contributed by atoms with Gasteiger partial charge in [-0.3, -0.25) is 4.79 Å². The molecule has 0 amide bonds. The third-order valence-electron chi connectivity index (χ3n) is 0.851. The lowest BCUT2D eigenvalue weighted by Crippen LogP contribution is -2.25. The molecule has 0 heterocycles. The molecule has 5 nitrogen and oxygen atoms in total. The highest BCUT2D eigenvalue weighted by Gasteiger charge is 2.14. The van der Waals surface area contributed by atoms with E-state index in [0.29, 0.717) is 0 Å². The molecule has 0 aliphatic heterocycles. The van der Waals surface area contributed by atoms with E-state index in [-0.39, 0.29) is 6.42 Å². The summed E-state index contributed by atoms with van der Waals surface area (Å²) in [4.78, 5) is 9.89. The van der Waals surface area contributed by atoms with Crippen molar-refractivity contribution in [1.82, 2.24) is 0 Å². The number of hydrogen-bond donors (Lipinski definition) is 4. The van der Waals surface area contributed by atoms with Gasteiger partial charge in [-0.1, -0.05) is 12.2 Å². The summed E-state index contributed by atoms with van der Waals surface area (Å²) in [5, 5.41) is 33.0. The van der Waals surface area contributed by atoms with Gasteiger partial charge in [-0.05, 0) is 0 Å². The molecule has 0 aromatic heterocycles. The first-order valence-corrected chi connectivity index (χ1v) is 2.96. The van der Waals surface area contributed by atoms with Gasteiger partial charge in [0, 0.05) is 6.42 Å². The highest BCUT2D eigenvalue weighted by atomic mass is 16.7. The van der Waals surface area contributed by atoms with Gasteiger partial charge in [0.25, 0.3) is 5.97 Å². The number of aliphatic carboxylic acids is 1. The summed E-state index contributed by atoms with van der Waals surface area (Å²) in [6.07, 6.45) is 1.80. The molecule has 0 aromatic carbocycles. The average Bonchev–Trinajstić information content (AvgIpc) is 1.78. The summed E-state index contributed by atoms with van der Waals surface area (Å²) in [6, 6.07) is 0. The summed E-state index contributed by atoms with van der Waals surface area (Å²) in [5.74, 6) is -3.75. The van der Waals surface area contributed by atoms with E-state index >= 15 is 0 Å². The third kappa shape index (κ3) is 9.09. The van der Waals surface area contributed by atoms with Gasteiger partial charge in [-0.2, -0.15) is 0 Å². The second kappa shape index (κ2) is 4.07. The van der Waals surface area contributed by atoms with Crippen molar-refractivity contribution in [1.29, 1.82) is 0 Å². The molecule has 0 atom stereocenters. The lowest BCUT2D eigenvalue weighted by molar-refractivity contribution is -0.308. The maximum absolute atomic E-state index is 9.89. The first-order chi connectivity index (χ1) is 4.92. The molecule has 11 heavy (non-hydrogen) atoms. The highest BCUT2D eigenvalue weighted by Crippen LogP contribution is 2.00. The summed E-state index contributed by atoms with van der Waals surface area (Å²) >= 11 is 0. The van der Waals surface area contributed by atoms with Gasteiger partial charge in [0.05, 0.1) is 6.42 Å². The van der Waals surface area contributed by atoms with Crippen molar-refractivity contribution in [3.8, 4) is 0 Å². The Balaban J connectivity index is 3.53. The molecule has 5 heteroatoms. The van der Waals surface area contributed by atoms with Crippen molar-refractivity contribution in [2.75, 3.05) is 0 Å². The van der Waals surface area contributed by atoms with E-state index < -0.39 is 18.4 Å². The smallest absolute Gasteiger partial charge is 0.307 e. The summed E-state index contributed by atoms with van der Waals surface area (Å²) in [5.41, 5.74) is 0. The van der Waals surface area contributed by atoms with Crippen molar-refractivity contribution in [2.24, 2.45) is 0 Å². The van der Waals surface area contributed by atoms with Crippen LogP contribution in [0, 0.1) is 0 Å². The van der Waals surface area contributed by atoms with Crippen molar-refractivity contribution >= 4 is 5.97 Å². The summed E-state index contributed by atoms with van der Waals surface area (Å²) in [7, 11) is 0. The van der Waals surface area contributed by atoms with Crippen LogP contribution in [0.25, 0.3) is 0 Å². The maximum Gasteiger partial charge on any atom is 0.307 e. The lowest BCUT2D eigenvalue weighted by Gasteiger charge is -2.09. The second-order valence-corrected chi connectivity index (χ2v) is 2.05. The number of aliphatic hydroxyl groups is 3. The number of carbonyl (C=O) groups is 1. The normalized spacial score (nSPS) is 12.3. The number of hydrogen-bond acceptors (Lipinski definition) is 4. The van der Waals surface area contributed by atoms with E-state index in [9.17, 15) is 4.79 Å². The Morgan fingerprint density at radius 3 is 2.18 bits per heavy atom. The van der Waals surface area contributed by atoms with Crippen LogP contribution >= 0.6 is 0 Å². The first kappa shape index (κ1) is 10.1. The molecule has 0 unspecified atom stereocenters. The van der Waals surface area contributed by atoms with Crippen molar-refractivity contribution in [3.05, 3.63) is 12.2 Å². The molecule has 64 valence electrons. The molecule has 0 aliphatic carbocycles. The van der Waals surface area contributed by atoms with Gasteiger partial charge in [-0.25, -0.2) is 0 Å². The predicted octanol–water partition coefficient (Wildman–Crippen LogP) is -0.962. The van der Waals surface area contributed by atoms with Crippen LogP contribution in [0.3, 0.4) is 0 Å². The molecule has 0 spiro atoms. The standard InChI is InChI=1S/C6H10O5/c7-5(8)3-1-2-4-6(9,10)11/h1-2,9-11H,3-4H2,(H,7,8). The molecular formula is C6H10O5. The van der Waals surface area contributed by atoms with E-state index in [0.717, 1.165) is 0 Å². The maximum atomic E-state index is 9.89. The minimum absolute atomic E-state index is 0.198. The molecule has 0 aliphatic rings. The fraction of sp³-hybridized carbons (Fsp3) is 0.500. The Kier molecular flexibility index (Phi) is 3.73. The Hall–Kier alpha value is -0.910. The fourth-order valence-corrected chi connectivity index (χ4v) is 0.426. The van der Waals surface area contributed by atoms with Gasteiger partial charge in [0.1, 0.15) is 0 Å². The van der Waals surface area contributed by atoms with Crippen molar-refractivity contribution in [2.45, 2.75) is 18.8 Å². The van der Waals surface area contributed by atoms with E-state index in [1.807, 2.05) is 0 Å². The lowest BCUT2D eigenvalue weighted by atomic mass is 10.3. The Morgan fingerprint density at radius 1 is 1.27 bits per heavy atom. The van der Waals surface area contributed by atoms with Crippen LogP contribution in [0.2, 0.25) is 0 Å².